The predicted octanol–water partition coefficient (Wildman–Crippen LogP) is 1.60. The van der Waals surface area contributed by atoms with Crippen LogP contribution in [-0.4, -0.2) is 28.1 Å². The Morgan fingerprint density at radius 2 is 2.32 bits per heavy atom. The van der Waals surface area contributed by atoms with Gasteiger partial charge in [0.05, 0.1) is 6.54 Å². The van der Waals surface area contributed by atoms with E-state index in [9.17, 15) is 14.0 Å². The van der Waals surface area contributed by atoms with Gasteiger partial charge in [0.1, 0.15) is 16.6 Å². The molecule has 3 rings (SSSR count). The van der Waals surface area contributed by atoms with E-state index in [0.717, 1.165) is 11.3 Å². The Morgan fingerprint density at radius 1 is 1.50 bits per heavy atom. The molecule has 2 heterocycles. The first kappa shape index (κ1) is 14.5. The van der Waals surface area contributed by atoms with Crippen molar-refractivity contribution in [2.24, 2.45) is 0 Å². The summed E-state index contributed by atoms with van der Waals surface area (Å²) < 4.78 is 18.6. The zero-order chi connectivity index (χ0) is 15.7. The van der Waals surface area contributed by atoms with Crippen molar-refractivity contribution in [2.75, 3.05) is 0 Å². The third-order valence-electron chi connectivity index (χ3n) is 3.17. The normalized spacial score (nSPS) is 16.0. The van der Waals surface area contributed by atoms with E-state index in [2.05, 4.69) is 10.3 Å². The number of benzene rings is 1. The lowest BCUT2D eigenvalue weighted by Gasteiger charge is -2.10. The van der Waals surface area contributed by atoms with Crippen molar-refractivity contribution in [1.82, 2.24) is 10.3 Å². The van der Waals surface area contributed by atoms with E-state index in [1.807, 2.05) is 0 Å². The number of ether oxygens (including phenoxy) is 1. The van der Waals surface area contributed by atoms with Gasteiger partial charge in [-0.15, -0.1) is 11.3 Å². The van der Waals surface area contributed by atoms with Crippen molar-refractivity contribution in [3.05, 3.63) is 45.7 Å². The van der Waals surface area contributed by atoms with Crippen LogP contribution >= 0.6 is 11.3 Å². The van der Waals surface area contributed by atoms with Crippen LogP contribution < -0.4 is 10.1 Å². The minimum atomic E-state index is -1.11. The second-order valence-corrected chi connectivity index (χ2v) is 5.65. The molecule has 0 aliphatic carbocycles. The summed E-state index contributed by atoms with van der Waals surface area (Å²) in [5.74, 6) is -1.31. The number of aromatic carboxylic acids is 1. The quantitative estimate of drug-likeness (QED) is 0.892. The van der Waals surface area contributed by atoms with Gasteiger partial charge in [0.15, 0.2) is 11.8 Å². The molecule has 0 fully saturated rings. The lowest BCUT2D eigenvalue weighted by atomic mass is 10.1. The summed E-state index contributed by atoms with van der Waals surface area (Å²) in [6, 6.07) is 4.13. The SMILES string of the molecule is O=C(O)c1csc(CNC(=O)[C@@H]2Cc3cc(F)ccc3O2)n1. The topological polar surface area (TPSA) is 88.5 Å². The van der Waals surface area contributed by atoms with Crippen molar-refractivity contribution >= 4 is 23.2 Å². The number of carbonyl (C=O) groups excluding carboxylic acids is 1. The number of amides is 1. The molecule has 2 aromatic rings. The van der Waals surface area contributed by atoms with Gasteiger partial charge in [-0.1, -0.05) is 0 Å². The molecule has 8 heteroatoms. The van der Waals surface area contributed by atoms with E-state index in [-0.39, 0.29) is 24.0 Å². The van der Waals surface area contributed by atoms with Crippen LogP contribution in [0.5, 0.6) is 5.75 Å². The maximum absolute atomic E-state index is 13.1. The van der Waals surface area contributed by atoms with Gasteiger partial charge in [-0.05, 0) is 18.2 Å². The Hall–Kier alpha value is -2.48. The molecule has 0 saturated carbocycles. The third-order valence-corrected chi connectivity index (χ3v) is 4.02. The fourth-order valence-corrected chi connectivity index (χ4v) is 2.84. The van der Waals surface area contributed by atoms with E-state index < -0.39 is 12.1 Å². The highest BCUT2D eigenvalue weighted by atomic mass is 32.1. The Bertz CT molecular complexity index is 746. The number of carboxylic acids is 1. The highest BCUT2D eigenvalue weighted by molar-refractivity contribution is 7.09. The second-order valence-electron chi connectivity index (χ2n) is 4.71. The number of thiazole rings is 1. The van der Waals surface area contributed by atoms with Crippen molar-refractivity contribution in [2.45, 2.75) is 19.1 Å². The Balaban J connectivity index is 1.58. The van der Waals surface area contributed by atoms with Gasteiger partial charge >= 0.3 is 5.97 Å². The number of carbonyl (C=O) groups is 2. The standard InChI is InChI=1S/C14H11FN2O4S/c15-8-1-2-10-7(3-8)4-11(21-10)13(18)16-5-12-17-9(6-22-12)14(19)20/h1-3,6,11H,4-5H2,(H,16,18)(H,19,20)/t11-/m0/s1. The van der Waals surface area contributed by atoms with Gasteiger partial charge in [-0.2, -0.15) is 0 Å². The van der Waals surface area contributed by atoms with Crippen LogP contribution in [-0.2, 0) is 17.8 Å². The van der Waals surface area contributed by atoms with E-state index in [1.165, 1.54) is 23.6 Å². The molecule has 0 spiro atoms. The minimum absolute atomic E-state index is 0.0470. The highest BCUT2D eigenvalue weighted by Crippen LogP contribution is 2.29. The molecule has 0 radical (unpaired) electrons. The van der Waals surface area contributed by atoms with Crippen LogP contribution in [0.25, 0.3) is 0 Å². The van der Waals surface area contributed by atoms with E-state index in [1.54, 1.807) is 0 Å². The van der Waals surface area contributed by atoms with Crippen LogP contribution in [0.4, 0.5) is 4.39 Å². The number of nitrogens with one attached hydrogen (secondary N) is 1. The molecule has 114 valence electrons. The van der Waals surface area contributed by atoms with Gasteiger partial charge in [-0.3, -0.25) is 4.79 Å². The summed E-state index contributed by atoms with van der Waals surface area (Å²) in [5, 5.41) is 13.3. The fourth-order valence-electron chi connectivity index (χ4n) is 2.13. The number of hydrogen-bond acceptors (Lipinski definition) is 5. The first-order chi connectivity index (χ1) is 10.5. The molecule has 22 heavy (non-hydrogen) atoms. The molecule has 0 saturated heterocycles. The van der Waals surface area contributed by atoms with Gasteiger partial charge in [0.2, 0.25) is 0 Å². The molecule has 1 aliphatic rings. The summed E-state index contributed by atoms with van der Waals surface area (Å²) >= 11 is 1.15. The molecule has 1 amide bonds. The molecule has 0 bridgehead atoms. The van der Waals surface area contributed by atoms with Crippen molar-refractivity contribution < 1.29 is 23.8 Å². The Morgan fingerprint density at radius 3 is 3.05 bits per heavy atom. The smallest absolute Gasteiger partial charge is 0.355 e. The molecule has 0 unspecified atom stereocenters. The molecule has 2 N–H and O–H groups in total. The number of nitrogens with zero attached hydrogens (tertiary/aromatic N) is 1. The maximum atomic E-state index is 13.1. The van der Waals surface area contributed by atoms with Gasteiger partial charge < -0.3 is 15.2 Å². The lowest BCUT2D eigenvalue weighted by molar-refractivity contribution is -0.127. The zero-order valence-electron chi connectivity index (χ0n) is 11.2. The van der Waals surface area contributed by atoms with E-state index >= 15 is 0 Å². The number of hydrogen-bond donors (Lipinski definition) is 2. The number of fused-ring (bicyclic) bond motifs is 1. The maximum Gasteiger partial charge on any atom is 0.355 e. The number of rotatable bonds is 4. The van der Waals surface area contributed by atoms with Crippen LogP contribution in [0.15, 0.2) is 23.6 Å². The lowest BCUT2D eigenvalue weighted by Crippen LogP contribution is -2.37. The predicted molar refractivity (Wildman–Crippen MR) is 75.4 cm³/mol. The van der Waals surface area contributed by atoms with Crippen LogP contribution in [0.2, 0.25) is 0 Å². The second kappa shape index (κ2) is 5.72. The van der Waals surface area contributed by atoms with E-state index in [0.29, 0.717) is 22.7 Å². The fraction of sp³-hybridized carbons (Fsp3) is 0.214. The third kappa shape index (κ3) is 2.91. The average Bonchev–Trinajstić information content (AvgIpc) is 3.10. The van der Waals surface area contributed by atoms with Crippen molar-refractivity contribution in [3.8, 4) is 5.75 Å². The van der Waals surface area contributed by atoms with Crippen LogP contribution in [0, 0.1) is 5.82 Å². The first-order valence-corrected chi connectivity index (χ1v) is 7.31. The van der Waals surface area contributed by atoms with Crippen molar-refractivity contribution in [1.29, 1.82) is 0 Å². The molecular weight excluding hydrogens is 311 g/mol. The molecule has 1 aromatic heterocycles. The monoisotopic (exact) mass is 322 g/mol. The van der Waals surface area contributed by atoms with Crippen LogP contribution in [0.1, 0.15) is 21.1 Å². The summed E-state index contributed by atoms with van der Waals surface area (Å²) in [5.41, 5.74) is 0.608. The number of aromatic nitrogens is 1. The molecular formula is C14H11FN2O4S. The Labute approximate surface area is 128 Å². The summed E-state index contributed by atoms with van der Waals surface area (Å²) in [4.78, 5) is 26.6. The van der Waals surface area contributed by atoms with Gasteiger partial charge in [0, 0.05) is 17.4 Å². The largest absolute Gasteiger partial charge is 0.480 e. The van der Waals surface area contributed by atoms with E-state index in [4.69, 9.17) is 9.84 Å². The summed E-state index contributed by atoms with van der Waals surface area (Å²) in [6.07, 6.45) is -0.410. The minimum Gasteiger partial charge on any atom is -0.480 e. The molecule has 1 aromatic carbocycles. The highest BCUT2D eigenvalue weighted by Gasteiger charge is 2.29. The first-order valence-electron chi connectivity index (χ1n) is 6.43. The summed E-state index contributed by atoms with van der Waals surface area (Å²) in [6.45, 7) is 0.126. The van der Waals surface area contributed by atoms with Gasteiger partial charge in [0.25, 0.3) is 5.91 Å². The molecule has 1 atom stereocenters. The summed E-state index contributed by atoms with van der Waals surface area (Å²) in [7, 11) is 0. The van der Waals surface area contributed by atoms with Gasteiger partial charge in [-0.25, -0.2) is 14.2 Å². The zero-order valence-corrected chi connectivity index (χ0v) is 12.0. The van der Waals surface area contributed by atoms with Crippen molar-refractivity contribution in [3.63, 3.8) is 0 Å². The number of halogens is 1. The Kier molecular flexibility index (Phi) is 3.76. The molecule has 1 aliphatic heterocycles. The molecule has 6 nitrogen and oxygen atoms in total. The average molecular weight is 322 g/mol. The number of carboxylic acid groups (broad SMARTS) is 1. The van der Waals surface area contributed by atoms with Crippen LogP contribution in [0.3, 0.4) is 0 Å².